The van der Waals surface area contributed by atoms with Crippen molar-refractivity contribution in [3.8, 4) is 0 Å². The molecule has 2 unspecified atom stereocenters. The van der Waals surface area contributed by atoms with Crippen molar-refractivity contribution in [1.29, 1.82) is 0 Å². The van der Waals surface area contributed by atoms with E-state index in [1.165, 1.54) is 35.6 Å². The first-order chi connectivity index (χ1) is 16.3. The summed E-state index contributed by atoms with van der Waals surface area (Å²) in [4.78, 5) is 11.4. The van der Waals surface area contributed by atoms with Gasteiger partial charge in [0.15, 0.2) is 0 Å². The molecule has 3 aromatic rings. The number of ether oxygens (including phenoxy) is 1. The maximum absolute atomic E-state index is 13.8. The Balaban J connectivity index is 1.46. The Bertz CT molecular complexity index is 1150. The standard InChI is InChI=1S/C28H30F3NO2/c1-18(24-9-5-7-19-6-3-4-8-25(19)24)32-23-14-12-21(16-23)22-11-10-20(13-15-27(33)34-2)26(17-22)28(29,30)31/h3-11,17-18,21,23,32H,12-16H2,1-2H3/t18-,21?,23?/m1/s1. The van der Waals surface area contributed by atoms with E-state index in [0.717, 1.165) is 24.8 Å². The fraction of sp³-hybridized carbons (Fsp3) is 0.393. The number of rotatable bonds is 7. The van der Waals surface area contributed by atoms with Gasteiger partial charge in [-0.05, 0) is 72.1 Å². The van der Waals surface area contributed by atoms with Crippen LogP contribution in [-0.2, 0) is 22.1 Å². The molecule has 1 aliphatic rings. The Morgan fingerprint density at radius 2 is 1.85 bits per heavy atom. The molecule has 3 nitrogen and oxygen atoms in total. The van der Waals surface area contributed by atoms with Crippen molar-refractivity contribution in [2.24, 2.45) is 0 Å². The normalized spacial score (nSPS) is 19.3. The molecular weight excluding hydrogens is 439 g/mol. The van der Waals surface area contributed by atoms with E-state index in [1.807, 2.05) is 12.1 Å². The van der Waals surface area contributed by atoms with Crippen molar-refractivity contribution in [3.05, 3.63) is 82.9 Å². The van der Waals surface area contributed by atoms with Crippen LogP contribution in [0.2, 0.25) is 0 Å². The van der Waals surface area contributed by atoms with Gasteiger partial charge in [-0.1, -0.05) is 54.6 Å². The molecule has 0 bridgehead atoms. The summed E-state index contributed by atoms with van der Waals surface area (Å²) in [7, 11) is 1.24. The molecular formula is C28H30F3NO2. The Morgan fingerprint density at radius 3 is 2.62 bits per heavy atom. The van der Waals surface area contributed by atoms with E-state index in [0.29, 0.717) is 0 Å². The largest absolute Gasteiger partial charge is 0.469 e. The van der Waals surface area contributed by atoms with E-state index in [1.54, 1.807) is 6.07 Å². The van der Waals surface area contributed by atoms with Gasteiger partial charge >= 0.3 is 12.1 Å². The molecule has 1 aliphatic carbocycles. The van der Waals surface area contributed by atoms with Crippen LogP contribution in [0.5, 0.6) is 0 Å². The van der Waals surface area contributed by atoms with Crippen molar-refractivity contribution in [2.75, 3.05) is 7.11 Å². The fourth-order valence-corrected chi connectivity index (χ4v) is 5.18. The highest BCUT2D eigenvalue weighted by Gasteiger charge is 2.35. The van der Waals surface area contributed by atoms with Gasteiger partial charge in [-0.25, -0.2) is 0 Å². The molecule has 0 aliphatic heterocycles. The van der Waals surface area contributed by atoms with E-state index in [4.69, 9.17) is 0 Å². The molecule has 0 aromatic heterocycles. The van der Waals surface area contributed by atoms with Crippen molar-refractivity contribution < 1.29 is 22.7 Å². The second-order valence-corrected chi connectivity index (χ2v) is 9.15. The van der Waals surface area contributed by atoms with Crippen LogP contribution in [0.1, 0.15) is 66.8 Å². The van der Waals surface area contributed by atoms with Crippen LogP contribution in [0.25, 0.3) is 10.8 Å². The lowest BCUT2D eigenvalue weighted by atomic mass is 9.92. The average Bonchev–Trinajstić information content (AvgIpc) is 3.29. The first-order valence-corrected chi connectivity index (χ1v) is 11.8. The van der Waals surface area contributed by atoms with E-state index < -0.39 is 17.7 Å². The van der Waals surface area contributed by atoms with Crippen LogP contribution in [0, 0.1) is 0 Å². The van der Waals surface area contributed by atoms with E-state index in [9.17, 15) is 18.0 Å². The van der Waals surface area contributed by atoms with Gasteiger partial charge in [-0.2, -0.15) is 13.2 Å². The molecule has 3 aromatic carbocycles. The van der Waals surface area contributed by atoms with E-state index in [2.05, 4.69) is 47.3 Å². The van der Waals surface area contributed by atoms with Crippen LogP contribution in [-0.4, -0.2) is 19.1 Å². The monoisotopic (exact) mass is 469 g/mol. The van der Waals surface area contributed by atoms with Crippen LogP contribution in [0.3, 0.4) is 0 Å². The third-order valence-electron chi connectivity index (χ3n) is 6.95. The van der Waals surface area contributed by atoms with Gasteiger partial charge in [0.25, 0.3) is 0 Å². The van der Waals surface area contributed by atoms with Crippen LogP contribution < -0.4 is 5.32 Å². The third kappa shape index (κ3) is 5.44. The highest BCUT2D eigenvalue weighted by molar-refractivity contribution is 5.86. The molecule has 34 heavy (non-hydrogen) atoms. The van der Waals surface area contributed by atoms with Gasteiger partial charge in [0.1, 0.15) is 0 Å². The average molecular weight is 470 g/mol. The minimum atomic E-state index is -4.46. The zero-order valence-corrected chi connectivity index (χ0v) is 19.5. The smallest absolute Gasteiger partial charge is 0.416 e. The van der Waals surface area contributed by atoms with Gasteiger partial charge in [0.2, 0.25) is 0 Å². The third-order valence-corrected chi connectivity index (χ3v) is 6.95. The second kappa shape index (κ2) is 10.2. The summed E-state index contributed by atoms with van der Waals surface area (Å²) in [5.41, 5.74) is 1.44. The number of hydrogen-bond donors (Lipinski definition) is 1. The molecule has 0 heterocycles. The zero-order chi connectivity index (χ0) is 24.3. The molecule has 1 saturated carbocycles. The maximum Gasteiger partial charge on any atom is 0.416 e. The number of aryl methyl sites for hydroxylation is 1. The maximum atomic E-state index is 13.8. The predicted molar refractivity (Wildman–Crippen MR) is 128 cm³/mol. The number of benzene rings is 3. The number of hydrogen-bond acceptors (Lipinski definition) is 3. The lowest BCUT2D eigenvalue weighted by molar-refractivity contribution is -0.142. The molecule has 180 valence electrons. The minimum Gasteiger partial charge on any atom is -0.469 e. The van der Waals surface area contributed by atoms with Gasteiger partial charge in [-0.3, -0.25) is 4.79 Å². The summed E-state index contributed by atoms with van der Waals surface area (Å²) >= 11 is 0. The first-order valence-electron chi connectivity index (χ1n) is 11.8. The number of esters is 1. The van der Waals surface area contributed by atoms with E-state index >= 15 is 0 Å². The number of carbonyl (C=O) groups excluding carboxylic acids is 1. The molecule has 6 heteroatoms. The Labute approximate surface area is 198 Å². The Morgan fingerprint density at radius 1 is 1.09 bits per heavy atom. The second-order valence-electron chi connectivity index (χ2n) is 9.15. The van der Waals surface area contributed by atoms with Gasteiger partial charge in [0, 0.05) is 18.5 Å². The van der Waals surface area contributed by atoms with Crippen molar-refractivity contribution >= 4 is 16.7 Å². The van der Waals surface area contributed by atoms with Crippen molar-refractivity contribution in [1.82, 2.24) is 5.32 Å². The van der Waals surface area contributed by atoms with Gasteiger partial charge < -0.3 is 10.1 Å². The fourth-order valence-electron chi connectivity index (χ4n) is 5.18. The van der Waals surface area contributed by atoms with Crippen LogP contribution in [0.15, 0.2) is 60.7 Å². The molecule has 0 spiro atoms. The highest BCUT2D eigenvalue weighted by atomic mass is 19.4. The summed E-state index contributed by atoms with van der Waals surface area (Å²) < 4.78 is 45.8. The zero-order valence-electron chi connectivity index (χ0n) is 19.5. The lowest BCUT2D eigenvalue weighted by Gasteiger charge is -2.22. The number of nitrogens with one attached hydrogen (secondary N) is 1. The Hall–Kier alpha value is -2.86. The number of methoxy groups -OCH3 is 1. The summed E-state index contributed by atoms with van der Waals surface area (Å²) in [6, 6.07) is 19.6. The molecule has 0 radical (unpaired) electrons. The number of alkyl halides is 3. The van der Waals surface area contributed by atoms with Crippen molar-refractivity contribution in [3.63, 3.8) is 0 Å². The van der Waals surface area contributed by atoms with Gasteiger partial charge in [0.05, 0.1) is 12.7 Å². The summed E-state index contributed by atoms with van der Waals surface area (Å²) in [5.74, 6) is -0.435. The van der Waals surface area contributed by atoms with Crippen LogP contribution in [0.4, 0.5) is 13.2 Å². The summed E-state index contributed by atoms with van der Waals surface area (Å²) in [6.07, 6.45) is -1.95. The van der Waals surface area contributed by atoms with Crippen LogP contribution >= 0.6 is 0 Å². The molecule has 0 amide bonds. The molecule has 1 fully saturated rings. The summed E-state index contributed by atoms with van der Waals surface area (Å²) in [5, 5.41) is 6.13. The minimum absolute atomic E-state index is 0.0131. The van der Waals surface area contributed by atoms with Crippen molar-refractivity contribution in [2.45, 2.75) is 63.2 Å². The number of fused-ring (bicyclic) bond motifs is 1. The van der Waals surface area contributed by atoms with E-state index in [-0.39, 0.29) is 36.4 Å². The molecule has 1 N–H and O–H groups in total. The lowest BCUT2D eigenvalue weighted by Crippen LogP contribution is -2.29. The SMILES string of the molecule is COC(=O)CCc1ccc(C2CCC(N[C@H](C)c3cccc4ccccc34)C2)cc1C(F)(F)F. The molecule has 3 atom stereocenters. The van der Waals surface area contributed by atoms with Gasteiger partial charge in [-0.15, -0.1) is 0 Å². The predicted octanol–water partition coefficient (Wildman–Crippen LogP) is 6.95. The number of halogens is 3. The highest BCUT2D eigenvalue weighted by Crippen LogP contribution is 2.40. The number of carbonyl (C=O) groups is 1. The molecule has 0 saturated heterocycles. The Kier molecular flexibility index (Phi) is 7.27. The quantitative estimate of drug-likeness (QED) is 0.381. The molecule has 4 rings (SSSR count). The first kappa shape index (κ1) is 24.3. The summed E-state index contributed by atoms with van der Waals surface area (Å²) in [6.45, 7) is 2.15. The topological polar surface area (TPSA) is 38.3 Å².